The molecular weight excluding hydrogens is 152 g/mol. The molecule has 1 aliphatic carbocycles. The lowest BCUT2D eigenvalue weighted by Gasteiger charge is -2.30. The minimum atomic E-state index is 0.155. The molecule has 2 fully saturated rings. The fourth-order valence-electron chi connectivity index (χ4n) is 1.64. The molecule has 2 aliphatic rings. The van der Waals surface area contributed by atoms with Gasteiger partial charge < -0.3 is 10.2 Å². The van der Waals surface area contributed by atoms with E-state index in [9.17, 15) is 4.79 Å². The van der Waals surface area contributed by atoms with Gasteiger partial charge in [0.1, 0.15) is 0 Å². The van der Waals surface area contributed by atoms with Gasteiger partial charge in [-0.15, -0.1) is 0 Å². The number of hydrogen-bond donors (Lipinski definition) is 1. The fraction of sp³-hybridized carbons (Fsp3) is 0.889. The molecule has 1 N–H and O–H groups in total. The van der Waals surface area contributed by atoms with E-state index in [0.717, 1.165) is 19.0 Å². The molecule has 3 nitrogen and oxygen atoms in total. The minimum Gasteiger partial charge on any atom is -0.335 e. The monoisotopic (exact) mass is 168 g/mol. The van der Waals surface area contributed by atoms with Gasteiger partial charge in [0.15, 0.2) is 0 Å². The molecule has 0 aromatic carbocycles. The Bertz CT molecular complexity index is 189. The summed E-state index contributed by atoms with van der Waals surface area (Å²) in [7, 11) is 0. The van der Waals surface area contributed by atoms with Crippen LogP contribution < -0.4 is 5.32 Å². The van der Waals surface area contributed by atoms with Crippen molar-refractivity contribution in [3.05, 3.63) is 0 Å². The highest BCUT2D eigenvalue weighted by Crippen LogP contribution is 2.33. The fourth-order valence-corrected chi connectivity index (χ4v) is 1.64. The topological polar surface area (TPSA) is 32.3 Å². The molecule has 2 amide bonds. The van der Waals surface area contributed by atoms with Crippen LogP contribution in [-0.2, 0) is 0 Å². The number of urea groups is 1. The number of hydrogen-bond acceptors (Lipinski definition) is 1. The van der Waals surface area contributed by atoms with Crippen molar-refractivity contribution in [2.24, 2.45) is 5.92 Å². The minimum absolute atomic E-state index is 0.155. The molecule has 2 atom stereocenters. The molecule has 3 heteroatoms. The third-order valence-corrected chi connectivity index (χ3v) is 2.90. The van der Waals surface area contributed by atoms with Crippen LogP contribution in [0.15, 0.2) is 0 Å². The second kappa shape index (κ2) is 2.96. The number of carbonyl (C=O) groups excluding carboxylic acids is 1. The third kappa shape index (κ3) is 1.40. The van der Waals surface area contributed by atoms with Gasteiger partial charge in [0.05, 0.1) is 0 Å². The Hall–Kier alpha value is -0.730. The number of nitrogens with zero attached hydrogens (tertiary/aromatic N) is 1. The zero-order valence-electron chi connectivity index (χ0n) is 7.55. The number of carbonyl (C=O) groups is 1. The van der Waals surface area contributed by atoms with Crippen molar-refractivity contribution in [3.63, 3.8) is 0 Å². The van der Waals surface area contributed by atoms with Crippen LogP contribution in [0.1, 0.15) is 26.2 Å². The van der Waals surface area contributed by atoms with Crippen molar-refractivity contribution in [1.82, 2.24) is 10.2 Å². The SMILES string of the molecule is CC[C@@H]1C[C@H]1NC(=O)N1CCC1. The Balaban J connectivity index is 1.69. The summed E-state index contributed by atoms with van der Waals surface area (Å²) in [5.41, 5.74) is 0. The molecule has 12 heavy (non-hydrogen) atoms. The number of likely N-dealkylation sites (tertiary alicyclic amines) is 1. The largest absolute Gasteiger partial charge is 0.335 e. The van der Waals surface area contributed by atoms with E-state index in [1.165, 1.54) is 19.3 Å². The average molecular weight is 168 g/mol. The van der Waals surface area contributed by atoms with Crippen LogP contribution >= 0.6 is 0 Å². The lowest BCUT2D eigenvalue weighted by atomic mass is 10.2. The van der Waals surface area contributed by atoms with E-state index in [4.69, 9.17) is 0 Å². The Kier molecular flexibility index (Phi) is 1.95. The predicted molar refractivity (Wildman–Crippen MR) is 46.9 cm³/mol. The summed E-state index contributed by atoms with van der Waals surface area (Å²) in [6.07, 6.45) is 3.57. The molecule has 68 valence electrons. The summed E-state index contributed by atoms with van der Waals surface area (Å²) in [6, 6.07) is 0.644. The molecular formula is C9H16N2O. The van der Waals surface area contributed by atoms with Crippen LogP contribution in [0.3, 0.4) is 0 Å². The first-order chi connectivity index (χ1) is 5.81. The van der Waals surface area contributed by atoms with E-state index in [2.05, 4.69) is 12.2 Å². The van der Waals surface area contributed by atoms with Gasteiger partial charge >= 0.3 is 6.03 Å². The molecule has 0 aromatic heterocycles. The highest BCUT2D eigenvalue weighted by Gasteiger charge is 2.37. The van der Waals surface area contributed by atoms with Gasteiger partial charge in [0, 0.05) is 19.1 Å². The first-order valence-corrected chi connectivity index (χ1v) is 4.86. The summed E-state index contributed by atoms with van der Waals surface area (Å²) < 4.78 is 0. The average Bonchev–Trinajstić information content (AvgIpc) is 2.63. The zero-order valence-corrected chi connectivity index (χ0v) is 7.55. The molecule has 2 rings (SSSR count). The number of amides is 2. The summed E-state index contributed by atoms with van der Waals surface area (Å²) >= 11 is 0. The summed E-state index contributed by atoms with van der Waals surface area (Å²) in [5, 5.41) is 3.04. The quantitative estimate of drug-likeness (QED) is 0.660. The van der Waals surface area contributed by atoms with Gasteiger partial charge in [-0.1, -0.05) is 13.3 Å². The van der Waals surface area contributed by atoms with E-state index in [-0.39, 0.29) is 6.03 Å². The maximum Gasteiger partial charge on any atom is 0.317 e. The van der Waals surface area contributed by atoms with Gasteiger partial charge in [-0.25, -0.2) is 4.79 Å². The number of nitrogens with one attached hydrogen (secondary N) is 1. The molecule has 0 bridgehead atoms. The summed E-state index contributed by atoms with van der Waals surface area (Å²) in [6.45, 7) is 4.09. The molecule has 0 unspecified atom stereocenters. The second-order valence-corrected chi connectivity index (χ2v) is 3.80. The summed E-state index contributed by atoms with van der Waals surface area (Å²) in [5.74, 6) is 0.759. The van der Waals surface area contributed by atoms with Crippen LogP contribution in [0.2, 0.25) is 0 Å². The lowest BCUT2D eigenvalue weighted by molar-refractivity contribution is 0.166. The van der Waals surface area contributed by atoms with Crippen LogP contribution in [0.25, 0.3) is 0 Å². The Morgan fingerprint density at radius 3 is 2.75 bits per heavy atom. The van der Waals surface area contributed by atoms with Gasteiger partial charge in [-0.05, 0) is 18.8 Å². The molecule has 1 heterocycles. The predicted octanol–water partition coefficient (Wildman–Crippen LogP) is 1.20. The third-order valence-electron chi connectivity index (χ3n) is 2.90. The van der Waals surface area contributed by atoms with Crippen molar-refractivity contribution < 1.29 is 4.79 Å². The maximum absolute atomic E-state index is 11.4. The smallest absolute Gasteiger partial charge is 0.317 e. The molecule has 0 aromatic rings. The van der Waals surface area contributed by atoms with E-state index in [1.807, 2.05) is 4.90 Å². The van der Waals surface area contributed by atoms with E-state index < -0.39 is 0 Å². The van der Waals surface area contributed by atoms with E-state index in [1.54, 1.807) is 0 Å². The molecule has 1 saturated heterocycles. The normalized spacial score (nSPS) is 32.6. The van der Waals surface area contributed by atoms with E-state index in [0.29, 0.717) is 6.04 Å². The van der Waals surface area contributed by atoms with Gasteiger partial charge in [0.25, 0.3) is 0 Å². The Morgan fingerprint density at radius 1 is 1.58 bits per heavy atom. The van der Waals surface area contributed by atoms with Crippen molar-refractivity contribution >= 4 is 6.03 Å². The highest BCUT2D eigenvalue weighted by molar-refractivity contribution is 5.75. The van der Waals surface area contributed by atoms with E-state index >= 15 is 0 Å². The van der Waals surface area contributed by atoms with Gasteiger partial charge in [0.2, 0.25) is 0 Å². The molecule has 0 radical (unpaired) electrons. The van der Waals surface area contributed by atoms with Gasteiger partial charge in [-0.3, -0.25) is 0 Å². The van der Waals surface area contributed by atoms with Crippen molar-refractivity contribution in [1.29, 1.82) is 0 Å². The van der Waals surface area contributed by atoms with Crippen LogP contribution in [-0.4, -0.2) is 30.1 Å². The first-order valence-electron chi connectivity index (χ1n) is 4.86. The lowest BCUT2D eigenvalue weighted by Crippen LogP contribution is -2.48. The molecule has 0 spiro atoms. The zero-order chi connectivity index (χ0) is 8.55. The van der Waals surface area contributed by atoms with Crippen molar-refractivity contribution in [2.45, 2.75) is 32.2 Å². The number of rotatable bonds is 2. The van der Waals surface area contributed by atoms with Crippen LogP contribution in [0, 0.1) is 5.92 Å². The van der Waals surface area contributed by atoms with Gasteiger partial charge in [-0.2, -0.15) is 0 Å². The second-order valence-electron chi connectivity index (χ2n) is 3.80. The summed E-state index contributed by atoms with van der Waals surface area (Å²) in [4.78, 5) is 13.2. The standard InChI is InChI=1S/C9H16N2O/c1-2-7-6-8(7)10-9(12)11-4-3-5-11/h7-8H,2-6H2,1H3,(H,10,12)/t7-,8-/m1/s1. The molecule has 1 aliphatic heterocycles. The Labute approximate surface area is 73.1 Å². The first kappa shape index (κ1) is 7.90. The maximum atomic E-state index is 11.4. The van der Waals surface area contributed by atoms with Crippen LogP contribution in [0.5, 0.6) is 0 Å². The van der Waals surface area contributed by atoms with Crippen molar-refractivity contribution in [2.75, 3.05) is 13.1 Å². The molecule has 1 saturated carbocycles. The highest BCUT2D eigenvalue weighted by atomic mass is 16.2. The Morgan fingerprint density at radius 2 is 2.33 bits per heavy atom. The van der Waals surface area contributed by atoms with Crippen LogP contribution in [0.4, 0.5) is 4.79 Å². The van der Waals surface area contributed by atoms with Crippen molar-refractivity contribution in [3.8, 4) is 0 Å².